The summed E-state index contributed by atoms with van der Waals surface area (Å²) in [5.74, 6) is -0.286. The molecule has 0 aromatic heterocycles. The summed E-state index contributed by atoms with van der Waals surface area (Å²) in [5.41, 5.74) is 3.90. The van der Waals surface area contributed by atoms with Gasteiger partial charge in [0, 0.05) is 31.9 Å². The van der Waals surface area contributed by atoms with Gasteiger partial charge in [0.1, 0.15) is 12.6 Å². The molecule has 1 aliphatic rings. The minimum Gasteiger partial charge on any atom is -0.445 e. The van der Waals surface area contributed by atoms with E-state index in [0.717, 1.165) is 22.4 Å². The summed E-state index contributed by atoms with van der Waals surface area (Å²) in [6.45, 7) is 10.4. The van der Waals surface area contributed by atoms with E-state index in [-0.39, 0.29) is 30.9 Å². The molecule has 3 amide bonds. The van der Waals surface area contributed by atoms with Gasteiger partial charge in [0.2, 0.25) is 11.8 Å². The summed E-state index contributed by atoms with van der Waals surface area (Å²) < 4.78 is 5.30. The first-order valence-corrected chi connectivity index (χ1v) is 12.1. The fourth-order valence-electron chi connectivity index (χ4n) is 4.01. The molecule has 2 aromatic rings. The maximum absolute atomic E-state index is 13.1. The van der Waals surface area contributed by atoms with E-state index in [1.807, 2.05) is 81.1 Å². The zero-order valence-corrected chi connectivity index (χ0v) is 21.0. The van der Waals surface area contributed by atoms with Crippen molar-refractivity contribution in [2.24, 2.45) is 5.92 Å². The van der Waals surface area contributed by atoms with Gasteiger partial charge in [-0.25, -0.2) is 4.79 Å². The predicted molar refractivity (Wildman–Crippen MR) is 136 cm³/mol. The molecule has 35 heavy (non-hydrogen) atoms. The quantitative estimate of drug-likeness (QED) is 0.605. The van der Waals surface area contributed by atoms with E-state index in [0.29, 0.717) is 26.2 Å². The molecule has 0 spiro atoms. The van der Waals surface area contributed by atoms with Crippen LogP contribution in [0.1, 0.15) is 30.5 Å². The third-order valence-corrected chi connectivity index (χ3v) is 6.35. The minimum absolute atomic E-state index is 0.0682. The lowest BCUT2D eigenvalue weighted by atomic mass is 10.0. The number of aryl methyl sites for hydroxylation is 1. The summed E-state index contributed by atoms with van der Waals surface area (Å²) >= 11 is 0. The Kier molecular flexibility index (Phi) is 9.25. The Bertz CT molecular complexity index is 1020. The molecule has 3 rings (SSSR count). The third kappa shape index (κ3) is 7.55. The number of amides is 3. The van der Waals surface area contributed by atoms with Crippen LogP contribution >= 0.6 is 0 Å². The number of carbonyl (C=O) groups is 3. The third-order valence-electron chi connectivity index (χ3n) is 6.35. The second-order valence-electron chi connectivity index (χ2n) is 9.32. The van der Waals surface area contributed by atoms with Gasteiger partial charge in [0.05, 0.1) is 6.54 Å². The summed E-state index contributed by atoms with van der Waals surface area (Å²) in [6.07, 6.45) is -0.609. The van der Waals surface area contributed by atoms with Crippen molar-refractivity contribution in [1.82, 2.24) is 15.1 Å². The fourth-order valence-corrected chi connectivity index (χ4v) is 4.01. The molecule has 1 fully saturated rings. The van der Waals surface area contributed by atoms with E-state index in [9.17, 15) is 14.4 Å². The number of anilines is 1. The Labute approximate surface area is 207 Å². The number of rotatable bonds is 8. The van der Waals surface area contributed by atoms with E-state index in [4.69, 9.17) is 4.74 Å². The molecular formula is C27H36N4O4. The molecule has 2 aromatic carbocycles. The van der Waals surface area contributed by atoms with Gasteiger partial charge in [-0.2, -0.15) is 0 Å². The SMILES string of the molecule is Cc1cccc(NC(=O)CN2CCN(C(=O)[C@@H](NC(=O)OCc3ccccc3)C(C)C)CC2)c1C. The number of hydrogen-bond acceptors (Lipinski definition) is 5. The van der Waals surface area contributed by atoms with Gasteiger partial charge in [-0.1, -0.05) is 56.3 Å². The van der Waals surface area contributed by atoms with Gasteiger partial charge < -0.3 is 20.3 Å². The lowest BCUT2D eigenvalue weighted by Gasteiger charge is -2.36. The molecular weight excluding hydrogens is 444 g/mol. The first-order chi connectivity index (χ1) is 16.7. The van der Waals surface area contributed by atoms with Crippen LogP contribution in [0.2, 0.25) is 0 Å². The van der Waals surface area contributed by atoms with Gasteiger partial charge in [-0.3, -0.25) is 14.5 Å². The number of benzene rings is 2. The van der Waals surface area contributed by atoms with Gasteiger partial charge in [0.15, 0.2) is 0 Å². The van der Waals surface area contributed by atoms with Crippen molar-refractivity contribution < 1.29 is 19.1 Å². The van der Waals surface area contributed by atoms with Crippen molar-refractivity contribution in [3.05, 3.63) is 65.2 Å². The average molecular weight is 481 g/mol. The molecule has 1 atom stereocenters. The highest BCUT2D eigenvalue weighted by molar-refractivity contribution is 5.93. The molecule has 0 saturated carbocycles. The van der Waals surface area contributed by atoms with Crippen molar-refractivity contribution in [3.8, 4) is 0 Å². The number of carbonyl (C=O) groups excluding carboxylic acids is 3. The number of piperazine rings is 1. The predicted octanol–water partition coefficient (Wildman–Crippen LogP) is 3.34. The molecule has 2 N–H and O–H groups in total. The molecule has 1 aliphatic heterocycles. The first-order valence-electron chi connectivity index (χ1n) is 12.1. The molecule has 0 bridgehead atoms. The Hall–Kier alpha value is -3.39. The van der Waals surface area contributed by atoms with Gasteiger partial charge >= 0.3 is 6.09 Å². The Morgan fingerprint density at radius 3 is 2.29 bits per heavy atom. The number of nitrogens with zero attached hydrogens (tertiary/aromatic N) is 2. The molecule has 8 heteroatoms. The summed E-state index contributed by atoms with van der Waals surface area (Å²) in [7, 11) is 0. The smallest absolute Gasteiger partial charge is 0.408 e. The number of alkyl carbamates (subject to hydrolysis) is 1. The highest BCUT2D eigenvalue weighted by Gasteiger charge is 2.31. The van der Waals surface area contributed by atoms with E-state index in [2.05, 4.69) is 10.6 Å². The molecule has 8 nitrogen and oxygen atoms in total. The molecule has 188 valence electrons. The van der Waals surface area contributed by atoms with Crippen LogP contribution in [0.5, 0.6) is 0 Å². The van der Waals surface area contributed by atoms with Crippen LogP contribution in [0.4, 0.5) is 10.5 Å². The monoisotopic (exact) mass is 480 g/mol. The van der Waals surface area contributed by atoms with E-state index in [1.54, 1.807) is 4.90 Å². The normalized spacial score (nSPS) is 14.9. The first kappa shape index (κ1) is 26.2. The van der Waals surface area contributed by atoms with Crippen molar-refractivity contribution >= 4 is 23.6 Å². The zero-order chi connectivity index (χ0) is 25.4. The topological polar surface area (TPSA) is 91.0 Å². The maximum Gasteiger partial charge on any atom is 0.408 e. The van der Waals surface area contributed by atoms with Crippen molar-refractivity contribution in [2.45, 2.75) is 40.3 Å². The minimum atomic E-state index is -0.669. The molecule has 1 saturated heterocycles. The molecule has 0 unspecified atom stereocenters. The second kappa shape index (κ2) is 12.4. The Morgan fingerprint density at radius 1 is 0.943 bits per heavy atom. The summed E-state index contributed by atoms with van der Waals surface area (Å²) in [4.78, 5) is 41.8. The maximum atomic E-state index is 13.1. The van der Waals surface area contributed by atoms with E-state index >= 15 is 0 Å². The van der Waals surface area contributed by atoms with Crippen LogP contribution in [-0.2, 0) is 20.9 Å². The van der Waals surface area contributed by atoms with Gasteiger partial charge in [-0.15, -0.1) is 0 Å². The Balaban J connectivity index is 1.46. The van der Waals surface area contributed by atoms with Crippen LogP contribution in [-0.4, -0.2) is 66.5 Å². The fraction of sp³-hybridized carbons (Fsp3) is 0.444. The number of ether oxygens (including phenoxy) is 1. The van der Waals surface area contributed by atoms with Gasteiger partial charge in [0.25, 0.3) is 0 Å². The van der Waals surface area contributed by atoms with Crippen LogP contribution in [0.15, 0.2) is 48.5 Å². The van der Waals surface area contributed by atoms with Crippen LogP contribution in [0.25, 0.3) is 0 Å². The molecule has 1 heterocycles. The second-order valence-corrected chi connectivity index (χ2v) is 9.32. The highest BCUT2D eigenvalue weighted by Crippen LogP contribution is 2.18. The van der Waals surface area contributed by atoms with Gasteiger partial charge in [-0.05, 0) is 42.5 Å². The molecule has 0 radical (unpaired) electrons. The van der Waals surface area contributed by atoms with Crippen molar-refractivity contribution in [2.75, 3.05) is 38.0 Å². The number of nitrogens with one attached hydrogen (secondary N) is 2. The Morgan fingerprint density at radius 2 is 1.63 bits per heavy atom. The van der Waals surface area contributed by atoms with Crippen molar-refractivity contribution in [3.63, 3.8) is 0 Å². The average Bonchev–Trinajstić information content (AvgIpc) is 2.84. The zero-order valence-electron chi connectivity index (χ0n) is 21.0. The lowest BCUT2D eigenvalue weighted by Crippen LogP contribution is -2.57. The lowest BCUT2D eigenvalue weighted by molar-refractivity contribution is -0.136. The standard InChI is InChI=1S/C27H36N4O4/c1-19(2)25(29-27(34)35-18-22-10-6-5-7-11-22)26(33)31-15-13-30(14-16-31)17-24(32)28-23-12-8-9-20(3)21(23)4/h5-12,19,25H,13-18H2,1-4H3,(H,28,32)(H,29,34)/t25-/m0/s1. The van der Waals surface area contributed by atoms with Crippen LogP contribution < -0.4 is 10.6 Å². The number of hydrogen-bond donors (Lipinski definition) is 2. The van der Waals surface area contributed by atoms with Crippen LogP contribution in [0.3, 0.4) is 0 Å². The van der Waals surface area contributed by atoms with Crippen molar-refractivity contribution in [1.29, 1.82) is 0 Å². The summed E-state index contributed by atoms with van der Waals surface area (Å²) in [6, 6.07) is 14.6. The summed E-state index contributed by atoms with van der Waals surface area (Å²) in [5, 5.41) is 5.72. The van der Waals surface area contributed by atoms with E-state index in [1.165, 1.54) is 0 Å². The van der Waals surface area contributed by atoms with E-state index < -0.39 is 12.1 Å². The largest absolute Gasteiger partial charge is 0.445 e. The molecule has 0 aliphatic carbocycles. The van der Waals surface area contributed by atoms with Crippen LogP contribution in [0, 0.1) is 19.8 Å². The highest BCUT2D eigenvalue weighted by atomic mass is 16.5.